The van der Waals surface area contributed by atoms with Crippen molar-refractivity contribution < 1.29 is 5.11 Å². The summed E-state index contributed by atoms with van der Waals surface area (Å²) >= 11 is 0. The van der Waals surface area contributed by atoms with Gasteiger partial charge in [-0.05, 0) is 37.3 Å². The van der Waals surface area contributed by atoms with E-state index in [2.05, 4.69) is 29.6 Å². The number of para-hydroxylation sites is 1. The molecule has 1 aromatic carbocycles. The van der Waals surface area contributed by atoms with Gasteiger partial charge in [0.15, 0.2) is 0 Å². The van der Waals surface area contributed by atoms with E-state index in [4.69, 9.17) is 0 Å². The summed E-state index contributed by atoms with van der Waals surface area (Å²) in [5.74, 6) is 0. The van der Waals surface area contributed by atoms with Gasteiger partial charge in [-0.2, -0.15) is 0 Å². The van der Waals surface area contributed by atoms with Gasteiger partial charge in [0.05, 0.1) is 6.10 Å². The summed E-state index contributed by atoms with van der Waals surface area (Å²) in [6, 6.07) is 8.61. The lowest BCUT2D eigenvalue weighted by molar-refractivity contribution is 0.101. The standard InChI is InChI=1S/C13H17NO/c15-10-5-7-13(8-6-10)9-14-12-4-2-1-3-11(12)13/h1-4,10,14-15H,5-9H2. The molecular weight excluding hydrogens is 186 g/mol. The minimum Gasteiger partial charge on any atom is -0.393 e. The van der Waals surface area contributed by atoms with Crippen molar-refractivity contribution in [2.45, 2.75) is 37.2 Å². The Morgan fingerprint density at radius 1 is 1.20 bits per heavy atom. The first kappa shape index (κ1) is 9.22. The van der Waals surface area contributed by atoms with Crippen molar-refractivity contribution in [3.05, 3.63) is 29.8 Å². The number of rotatable bonds is 0. The molecule has 0 amide bonds. The van der Waals surface area contributed by atoms with Crippen LogP contribution in [0.3, 0.4) is 0 Å². The summed E-state index contributed by atoms with van der Waals surface area (Å²) in [5, 5.41) is 13.1. The Morgan fingerprint density at radius 3 is 2.73 bits per heavy atom. The molecule has 80 valence electrons. The number of benzene rings is 1. The first-order valence-electron chi connectivity index (χ1n) is 5.82. The third-order valence-electron chi connectivity index (χ3n) is 4.03. The number of anilines is 1. The molecule has 0 unspecified atom stereocenters. The van der Waals surface area contributed by atoms with Crippen molar-refractivity contribution >= 4 is 5.69 Å². The van der Waals surface area contributed by atoms with E-state index >= 15 is 0 Å². The molecule has 1 fully saturated rings. The predicted octanol–water partition coefficient (Wildman–Crippen LogP) is 2.28. The number of hydrogen-bond donors (Lipinski definition) is 2. The number of hydrogen-bond acceptors (Lipinski definition) is 2. The van der Waals surface area contributed by atoms with E-state index in [1.165, 1.54) is 11.3 Å². The fourth-order valence-electron chi connectivity index (χ4n) is 3.06. The monoisotopic (exact) mass is 203 g/mol. The Labute approximate surface area is 90.3 Å². The van der Waals surface area contributed by atoms with Gasteiger partial charge in [-0.3, -0.25) is 0 Å². The molecule has 1 aliphatic carbocycles. The van der Waals surface area contributed by atoms with Crippen LogP contribution in [-0.4, -0.2) is 17.8 Å². The lowest BCUT2D eigenvalue weighted by atomic mass is 9.70. The van der Waals surface area contributed by atoms with Crippen LogP contribution in [0.15, 0.2) is 24.3 Å². The lowest BCUT2D eigenvalue weighted by Gasteiger charge is -2.35. The van der Waals surface area contributed by atoms with Gasteiger partial charge in [0.1, 0.15) is 0 Å². The number of fused-ring (bicyclic) bond motifs is 2. The van der Waals surface area contributed by atoms with Gasteiger partial charge in [0.2, 0.25) is 0 Å². The average molecular weight is 203 g/mol. The fraction of sp³-hybridized carbons (Fsp3) is 0.538. The molecule has 2 heteroatoms. The van der Waals surface area contributed by atoms with Crippen molar-refractivity contribution in [2.75, 3.05) is 11.9 Å². The molecule has 2 nitrogen and oxygen atoms in total. The molecule has 1 heterocycles. The van der Waals surface area contributed by atoms with Gasteiger partial charge in [-0.1, -0.05) is 18.2 Å². The van der Waals surface area contributed by atoms with Crippen LogP contribution in [0.5, 0.6) is 0 Å². The topological polar surface area (TPSA) is 32.3 Å². The largest absolute Gasteiger partial charge is 0.393 e. The maximum absolute atomic E-state index is 9.58. The summed E-state index contributed by atoms with van der Waals surface area (Å²) in [7, 11) is 0. The molecule has 2 N–H and O–H groups in total. The molecule has 0 saturated heterocycles. The van der Waals surface area contributed by atoms with E-state index in [-0.39, 0.29) is 6.10 Å². The highest BCUT2D eigenvalue weighted by atomic mass is 16.3. The van der Waals surface area contributed by atoms with Gasteiger partial charge in [-0.25, -0.2) is 0 Å². The number of aliphatic hydroxyl groups is 1. The summed E-state index contributed by atoms with van der Waals surface area (Å²) in [6.45, 7) is 1.05. The van der Waals surface area contributed by atoms with E-state index in [0.717, 1.165) is 32.2 Å². The molecule has 0 atom stereocenters. The maximum atomic E-state index is 9.58. The third-order valence-corrected chi connectivity index (χ3v) is 4.03. The predicted molar refractivity (Wildman–Crippen MR) is 61.1 cm³/mol. The maximum Gasteiger partial charge on any atom is 0.0541 e. The Balaban J connectivity index is 1.95. The zero-order valence-electron chi connectivity index (χ0n) is 8.87. The van der Waals surface area contributed by atoms with Crippen LogP contribution >= 0.6 is 0 Å². The van der Waals surface area contributed by atoms with Crippen LogP contribution in [0.2, 0.25) is 0 Å². The van der Waals surface area contributed by atoms with E-state index in [0.29, 0.717) is 5.41 Å². The SMILES string of the molecule is OC1CCC2(CC1)CNc1ccccc12. The summed E-state index contributed by atoms with van der Waals surface area (Å²) in [6.07, 6.45) is 4.09. The second kappa shape index (κ2) is 3.24. The third kappa shape index (κ3) is 1.36. The van der Waals surface area contributed by atoms with Crippen molar-refractivity contribution in [3.63, 3.8) is 0 Å². The number of nitrogens with one attached hydrogen (secondary N) is 1. The Morgan fingerprint density at radius 2 is 1.93 bits per heavy atom. The Bertz CT molecular complexity index is 367. The molecule has 0 radical (unpaired) electrons. The molecule has 1 saturated carbocycles. The zero-order valence-corrected chi connectivity index (χ0v) is 8.87. The molecule has 15 heavy (non-hydrogen) atoms. The number of aliphatic hydroxyl groups excluding tert-OH is 1. The molecule has 1 aliphatic heterocycles. The van der Waals surface area contributed by atoms with Crippen LogP contribution in [0.4, 0.5) is 5.69 Å². The van der Waals surface area contributed by atoms with Gasteiger partial charge < -0.3 is 10.4 Å². The molecule has 0 aromatic heterocycles. The average Bonchev–Trinajstić information content (AvgIpc) is 2.63. The van der Waals surface area contributed by atoms with Crippen LogP contribution in [0.1, 0.15) is 31.2 Å². The highest BCUT2D eigenvalue weighted by Gasteiger charge is 2.41. The first-order chi connectivity index (χ1) is 7.30. The van der Waals surface area contributed by atoms with Gasteiger partial charge in [0, 0.05) is 17.6 Å². The summed E-state index contributed by atoms with van der Waals surface area (Å²) < 4.78 is 0. The zero-order chi connectivity index (χ0) is 10.3. The van der Waals surface area contributed by atoms with Crippen LogP contribution in [0, 0.1) is 0 Å². The minimum absolute atomic E-state index is 0.0663. The molecule has 3 rings (SSSR count). The summed E-state index contributed by atoms with van der Waals surface area (Å²) in [4.78, 5) is 0. The molecule has 1 spiro atoms. The quantitative estimate of drug-likeness (QED) is 0.678. The second-order valence-corrected chi connectivity index (χ2v) is 4.91. The van der Waals surface area contributed by atoms with Gasteiger partial charge in [0.25, 0.3) is 0 Å². The Kier molecular flexibility index (Phi) is 1.99. The lowest BCUT2D eigenvalue weighted by Crippen LogP contribution is -2.35. The fourth-order valence-corrected chi connectivity index (χ4v) is 3.06. The van der Waals surface area contributed by atoms with E-state index < -0.39 is 0 Å². The molecule has 2 aliphatic rings. The second-order valence-electron chi connectivity index (χ2n) is 4.91. The van der Waals surface area contributed by atoms with Gasteiger partial charge >= 0.3 is 0 Å². The van der Waals surface area contributed by atoms with Crippen molar-refractivity contribution in [2.24, 2.45) is 0 Å². The van der Waals surface area contributed by atoms with E-state index in [1.807, 2.05) is 0 Å². The molecule has 1 aromatic rings. The molecular formula is C13H17NO. The molecule has 0 bridgehead atoms. The van der Waals surface area contributed by atoms with E-state index in [9.17, 15) is 5.11 Å². The van der Waals surface area contributed by atoms with Crippen molar-refractivity contribution in [3.8, 4) is 0 Å². The smallest absolute Gasteiger partial charge is 0.0541 e. The van der Waals surface area contributed by atoms with Crippen LogP contribution in [0.25, 0.3) is 0 Å². The van der Waals surface area contributed by atoms with E-state index in [1.54, 1.807) is 0 Å². The highest BCUT2D eigenvalue weighted by molar-refractivity contribution is 5.60. The normalized spacial score (nSPS) is 33.8. The minimum atomic E-state index is -0.0663. The van der Waals surface area contributed by atoms with Crippen LogP contribution < -0.4 is 5.32 Å². The van der Waals surface area contributed by atoms with Crippen molar-refractivity contribution in [1.29, 1.82) is 0 Å². The summed E-state index contributed by atoms with van der Waals surface area (Å²) in [5.41, 5.74) is 3.08. The Hall–Kier alpha value is -1.02. The first-order valence-corrected chi connectivity index (χ1v) is 5.82. The van der Waals surface area contributed by atoms with Gasteiger partial charge in [-0.15, -0.1) is 0 Å². The van der Waals surface area contributed by atoms with Crippen LogP contribution in [-0.2, 0) is 5.41 Å². The highest BCUT2D eigenvalue weighted by Crippen LogP contribution is 2.46. The van der Waals surface area contributed by atoms with Crippen molar-refractivity contribution in [1.82, 2.24) is 0 Å².